The molecule has 0 aliphatic carbocycles. The van der Waals surface area contributed by atoms with Crippen molar-refractivity contribution < 1.29 is 10.0 Å². The first-order chi connectivity index (χ1) is 10.6. The average molecular weight is 321 g/mol. The Morgan fingerprint density at radius 1 is 1.14 bits per heavy atom. The van der Waals surface area contributed by atoms with Gasteiger partial charge in [0.15, 0.2) is 0 Å². The topological polar surface area (TPSA) is 75.4 Å². The van der Waals surface area contributed by atoms with Gasteiger partial charge in [0.2, 0.25) is 0 Å². The van der Waals surface area contributed by atoms with Crippen molar-refractivity contribution in [3.05, 3.63) is 74.3 Å². The van der Waals surface area contributed by atoms with E-state index < -0.39 is 4.92 Å². The standard InChI is InChI=1S/C16H17ClN2O3/c17-16-6-5-15(19(21)22)9-14(16)10-18-8-7-12-1-3-13(11-20)4-2-12/h1-6,9,18,20H,7-8,10-11H2. The molecule has 0 radical (unpaired) electrons. The summed E-state index contributed by atoms with van der Waals surface area (Å²) in [5.41, 5.74) is 2.81. The van der Waals surface area contributed by atoms with Gasteiger partial charge in [-0.3, -0.25) is 10.1 Å². The lowest BCUT2D eigenvalue weighted by Crippen LogP contribution is -2.17. The molecular weight excluding hydrogens is 304 g/mol. The van der Waals surface area contributed by atoms with Crippen molar-refractivity contribution in [2.24, 2.45) is 0 Å². The summed E-state index contributed by atoms with van der Waals surface area (Å²) in [6.07, 6.45) is 0.832. The number of hydrogen-bond donors (Lipinski definition) is 2. The highest BCUT2D eigenvalue weighted by Crippen LogP contribution is 2.21. The molecule has 0 unspecified atom stereocenters. The Balaban J connectivity index is 1.85. The lowest BCUT2D eigenvalue weighted by atomic mass is 10.1. The zero-order valence-electron chi connectivity index (χ0n) is 12.0. The number of halogens is 1. The second-order valence-corrected chi connectivity index (χ2v) is 5.34. The largest absolute Gasteiger partial charge is 0.392 e. The molecule has 2 N–H and O–H groups in total. The first kappa shape index (κ1) is 16.4. The van der Waals surface area contributed by atoms with Gasteiger partial charge in [-0.15, -0.1) is 0 Å². The summed E-state index contributed by atoms with van der Waals surface area (Å²) in [6, 6.07) is 12.2. The molecule has 22 heavy (non-hydrogen) atoms. The molecule has 116 valence electrons. The van der Waals surface area contributed by atoms with E-state index in [2.05, 4.69) is 5.32 Å². The lowest BCUT2D eigenvalue weighted by molar-refractivity contribution is -0.384. The van der Waals surface area contributed by atoms with Gasteiger partial charge in [-0.25, -0.2) is 0 Å². The minimum atomic E-state index is -0.428. The molecule has 5 nitrogen and oxygen atoms in total. The van der Waals surface area contributed by atoms with Gasteiger partial charge in [-0.1, -0.05) is 35.9 Å². The maximum atomic E-state index is 10.8. The highest BCUT2D eigenvalue weighted by molar-refractivity contribution is 6.31. The second-order valence-electron chi connectivity index (χ2n) is 4.93. The maximum absolute atomic E-state index is 10.8. The van der Waals surface area contributed by atoms with Crippen LogP contribution in [0.15, 0.2) is 42.5 Å². The number of benzene rings is 2. The Morgan fingerprint density at radius 2 is 1.82 bits per heavy atom. The monoisotopic (exact) mass is 320 g/mol. The molecule has 0 aliphatic rings. The van der Waals surface area contributed by atoms with E-state index in [1.807, 2.05) is 24.3 Å². The molecule has 0 amide bonds. The number of aliphatic hydroxyl groups excluding tert-OH is 1. The summed E-state index contributed by atoms with van der Waals surface area (Å²) in [5, 5.41) is 23.5. The molecule has 0 fully saturated rings. The zero-order valence-corrected chi connectivity index (χ0v) is 12.7. The summed E-state index contributed by atoms with van der Waals surface area (Å²) in [4.78, 5) is 10.3. The predicted molar refractivity (Wildman–Crippen MR) is 85.9 cm³/mol. The fourth-order valence-corrected chi connectivity index (χ4v) is 2.26. The van der Waals surface area contributed by atoms with Gasteiger partial charge in [0, 0.05) is 23.7 Å². The van der Waals surface area contributed by atoms with Crippen molar-refractivity contribution in [1.29, 1.82) is 0 Å². The molecule has 0 saturated heterocycles. The van der Waals surface area contributed by atoms with Crippen LogP contribution in [0.3, 0.4) is 0 Å². The van der Waals surface area contributed by atoms with E-state index in [-0.39, 0.29) is 12.3 Å². The van der Waals surface area contributed by atoms with Gasteiger partial charge in [0.05, 0.1) is 11.5 Å². The minimum Gasteiger partial charge on any atom is -0.392 e. The third kappa shape index (κ3) is 4.53. The highest BCUT2D eigenvalue weighted by atomic mass is 35.5. The normalized spacial score (nSPS) is 10.6. The predicted octanol–water partition coefficient (Wildman–Crippen LogP) is 3.07. The van der Waals surface area contributed by atoms with Crippen molar-refractivity contribution >= 4 is 17.3 Å². The molecule has 0 spiro atoms. The van der Waals surface area contributed by atoms with Gasteiger partial charge in [0.25, 0.3) is 5.69 Å². The molecule has 0 heterocycles. The van der Waals surface area contributed by atoms with E-state index in [4.69, 9.17) is 16.7 Å². The Morgan fingerprint density at radius 3 is 2.45 bits per heavy atom. The van der Waals surface area contributed by atoms with E-state index in [9.17, 15) is 10.1 Å². The number of hydrogen-bond acceptors (Lipinski definition) is 4. The molecule has 0 saturated carbocycles. The SMILES string of the molecule is O=[N+]([O-])c1ccc(Cl)c(CNCCc2ccc(CO)cc2)c1. The number of non-ortho nitro benzene ring substituents is 1. The van der Waals surface area contributed by atoms with Gasteiger partial charge < -0.3 is 10.4 Å². The Labute approximate surface area is 133 Å². The average Bonchev–Trinajstić information content (AvgIpc) is 2.53. The van der Waals surface area contributed by atoms with Crippen LogP contribution in [0.2, 0.25) is 5.02 Å². The molecule has 0 aromatic heterocycles. The molecule has 0 aliphatic heterocycles. The number of aliphatic hydroxyl groups is 1. The van der Waals surface area contributed by atoms with Crippen LogP contribution in [0.4, 0.5) is 5.69 Å². The smallest absolute Gasteiger partial charge is 0.269 e. The third-order valence-corrected chi connectivity index (χ3v) is 3.72. The third-order valence-electron chi connectivity index (χ3n) is 3.35. The van der Waals surface area contributed by atoms with Crippen molar-refractivity contribution in [1.82, 2.24) is 5.32 Å². The van der Waals surface area contributed by atoms with E-state index in [0.29, 0.717) is 17.1 Å². The molecule has 6 heteroatoms. The first-order valence-corrected chi connectivity index (χ1v) is 7.30. The second kappa shape index (κ2) is 7.89. The van der Waals surface area contributed by atoms with Crippen LogP contribution in [-0.2, 0) is 19.6 Å². The maximum Gasteiger partial charge on any atom is 0.269 e. The van der Waals surface area contributed by atoms with Crippen LogP contribution in [0.1, 0.15) is 16.7 Å². The van der Waals surface area contributed by atoms with E-state index >= 15 is 0 Å². The van der Waals surface area contributed by atoms with E-state index in [0.717, 1.165) is 24.1 Å². The van der Waals surface area contributed by atoms with Gasteiger partial charge in [-0.05, 0) is 35.7 Å². The quantitative estimate of drug-likeness (QED) is 0.467. The number of rotatable bonds is 7. The number of nitrogens with one attached hydrogen (secondary N) is 1. The van der Waals surface area contributed by atoms with Crippen LogP contribution in [0.25, 0.3) is 0 Å². The molecule has 0 atom stereocenters. The molecule has 2 aromatic rings. The number of nitro groups is 1. The summed E-state index contributed by atoms with van der Waals surface area (Å²) >= 11 is 6.04. The van der Waals surface area contributed by atoms with Gasteiger partial charge in [0.1, 0.15) is 0 Å². The van der Waals surface area contributed by atoms with Crippen LogP contribution < -0.4 is 5.32 Å². The van der Waals surface area contributed by atoms with Crippen molar-refractivity contribution in [3.63, 3.8) is 0 Å². The first-order valence-electron chi connectivity index (χ1n) is 6.92. The highest BCUT2D eigenvalue weighted by Gasteiger charge is 2.09. The van der Waals surface area contributed by atoms with Gasteiger partial charge >= 0.3 is 0 Å². The van der Waals surface area contributed by atoms with Crippen molar-refractivity contribution in [3.8, 4) is 0 Å². The summed E-state index contributed by atoms with van der Waals surface area (Å²) in [7, 11) is 0. The van der Waals surface area contributed by atoms with E-state index in [1.165, 1.54) is 12.1 Å². The van der Waals surface area contributed by atoms with Crippen LogP contribution >= 0.6 is 11.6 Å². The fraction of sp³-hybridized carbons (Fsp3) is 0.250. The van der Waals surface area contributed by atoms with Crippen LogP contribution in [-0.4, -0.2) is 16.6 Å². The minimum absolute atomic E-state index is 0.0424. The van der Waals surface area contributed by atoms with Crippen LogP contribution in [0, 0.1) is 10.1 Å². The van der Waals surface area contributed by atoms with Crippen molar-refractivity contribution in [2.75, 3.05) is 6.54 Å². The zero-order chi connectivity index (χ0) is 15.9. The van der Waals surface area contributed by atoms with Crippen molar-refractivity contribution in [2.45, 2.75) is 19.6 Å². The Hall–Kier alpha value is -1.95. The number of nitrogens with zero attached hydrogens (tertiary/aromatic N) is 1. The Kier molecular flexibility index (Phi) is 5.89. The molecule has 2 aromatic carbocycles. The van der Waals surface area contributed by atoms with E-state index in [1.54, 1.807) is 6.07 Å². The molecule has 0 bridgehead atoms. The summed E-state index contributed by atoms with van der Waals surface area (Å²) < 4.78 is 0. The summed E-state index contributed by atoms with van der Waals surface area (Å²) in [5.74, 6) is 0. The molecule has 2 rings (SSSR count). The lowest BCUT2D eigenvalue weighted by Gasteiger charge is -2.07. The Bertz CT molecular complexity index is 644. The summed E-state index contributed by atoms with van der Waals surface area (Å²) in [6.45, 7) is 1.26. The van der Waals surface area contributed by atoms with Gasteiger partial charge in [-0.2, -0.15) is 0 Å². The number of nitro benzene ring substituents is 1. The fourth-order valence-electron chi connectivity index (χ4n) is 2.08. The van der Waals surface area contributed by atoms with Crippen LogP contribution in [0.5, 0.6) is 0 Å². The molecular formula is C16H17ClN2O3.